The summed E-state index contributed by atoms with van der Waals surface area (Å²) < 4.78 is 1.49. The maximum Gasteiger partial charge on any atom is 0.385 e. The predicted molar refractivity (Wildman–Crippen MR) is 81.4 cm³/mol. The van der Waals surface area contributed by atoms with Crippen molar-refractivity contribution in [1.82, 2.24) is 24.7 Å². The number of hydrogen-bond acceptors (Lipinski definition) is 11. The quantitative estimate of drug-likeness (QED) is 0.246. The standard InChI is InChI=1S/C10H2N10O8/c21-16(22)4-2-6(18(25)26)11-9-8(4)14-20-13-7-3(15(9)20)1-5(17(23)24)12-10(7)19(27)28/h1-2H. The molecule has 0 saturated heterocycles. The van der Waals surface area contributed by atoms with Crippen molar-refractivity contribution in [2.24, 2.45) is 0 Å². The zero-order valence-corrected chi connectivity index (χ0v) is 12.9. The van der Waals surface area contributed by atoms with E-state index in [4.69, 9.17) is 0 Å². The van der Waals surface area contributed by atoms with Crippen LogP contribution in [-0.2, 0) is 0 Å². The molecule has 0 radical (unpaired) electrons. The summed E-state index contributed by atoms with van der Waals surface area (Å²) in [5, 5.41) is 52.0. The molecule has 4 aromatic rings. The third-order valence-electron chi connectivity index (χ3n) is 3.61. The fraction of sp³-hybridized carbons (Fsp3) is 0. The summed E-state index contributed by atoms with van der Waals surface area (Å²) in [6, 6.07) is 1.40. The number of nitrogens with zero attached hydrogens (tertiary/aromatic N) is 10. The molecule has 0 N–H and O–H groups in total. The molecule has 0 aromatic carbocycles. The van der Waals surface area contributed by atoms with Gasteiger partial charge in [0.25, 0.3) is 11.3 Å². The van der Waals surface area contributed by atoms with Gasteiger partial charge in [0.1, 0.15) is 6.07 Å². The lowest BCUT2D eigenvalue weighted by Gasteiger charge is -1.97. The van der Waals surface area contributed by atoms with E-state index in [-0.39, 0.29) is 5.52 Å². The Hall–Kier alpha value is -4.90. The summed E-state index contributed by atoms with van der Waals surface area (Å²) in [4.78, 5) is 47.5. The number of hydrogen-bond donors (Lipinski definition) is 0. The van der Waals surface area contributed by atoms with E-state index in [0.717, 1.165) is 10.6 Å². The molecule has 18 nitrogen and oxygen atoms in total. The van der Waals surface area contributed by atoms with Gasteiger partial charge in [0.05, 0.1) is 16.5 Å². The third kappa shape index (κ3) is 2.14. The van der Waals surface area contributed by atoms with Gasteiger partial charge in [0.15, 0.2) is 11.0 Å². The van der Waals surface area contributed by atoms with E-state index < -0.39 is 59.5 Å². The van der Waals surface area contributed by atoms with Gasteiger partial charge in [-0.3, -0.25) is 10.1 Å². The van der Waals surface area contributed by atoms with Crippen molar-refractivity contribution in [3.8, 4) is 0 Å². The van der Waals surface area contributed by atoms with Crippen molar-refractivity contribution in [3.05, 3.63) is 52.6 Å². The lowest BCUT2D eigenvalue weighted by molar-refractivity contribution is -0.727. The van der Waals surface area contributed by atoms with E-state index in [0.29, 0.717) is 10.8 Å². The van der Waals surface area contributed by atoms with E-state index in [1.807, 2.05) is 0 Å². The second kappa shape index (κ2) is 5.30. The molecule has 0 aliphatic carbocycles. The minimum absolute atomic E-state index is 0.293. The molecule has 0 amide bonds. The minimum Gasteiger partial charge on any atom is -0.358 e. The van der Waals surface area contributed by atoms with Gasteiger partial charge in [0, 0.05) is 4.98 Å². The Balaban J connectivity index is 2.24. The largest absolute Gasteiger partial charge is 0.385 e. The van der Waals surface area contributed by atoms with E-state index in [9.17, 15) is 40.5 Å². The minimum atomic E-state index is -1.01. The summed E-state index contributed by atoms with van der Waals surface area (Å²) in [6.07, 6.45) is 0. The molecule has 0 saturated carbocycles. The van der Waals surface area contributed by atoms with Crippen molar-refractivity contribution >= 4 is 45.3 Å². The molecule has 4 aromatic heterocycles. The summed E-state index contributed by atoms with van der Waals surface area (Å²) >= 11 is 0. The molecule has 4 heterocycles. The first kappa shape index (κ1) is 16.6. The van der Waals surface area contributed by atoms with Crippen molar-refractivity contribution in [1.29, 1.82) is 0 Å². The van der Waals surface area contributed by atoms with Crippen LogP contribution in [0.1, 0.15) is 0 Å². The Morgan fingerprint density at radius 1 is 0.893 bits per heavy atom. The van der Waals surface area contributed by atoms with E-state index >= 15 is 0 Å². The lowest BCUT2D eigenvalue weighted by Crippen LogP contribution is -2.33. The van der Waals surface area contributed by atoms with Crippen LogP contribution in [0.3, 0.4) is 0 Å². The normalized spacial score (nSPS) is 11.3. The number of pyridine rings is 2. The molecule has 0 aliphatic rings. The predicted octanol–water partition coefficient (Wildman–Crippen LogP) is -0.394. The lowest BCUT2D eigenvalue weighted by atomic mass is 10.3. The number of fused-ring (bicyclic) bond motifs is 5. The van der Waals surface area contributed by atoms with Gasteiger partial charge in [-0.05, 0) is 24.5 Å². The van der Waals surface area contributed by atoms with Crippen LogP contribution in [0.2, 0.25) is 0 Å². The first-order valence-electron chi connectivity index (χ1n) is 6.90. The zero-order valence-electron chi connectivity index (χ0n) is 12.9. The molecule has 0 aliphatic heterocycles. The van der Waals surface area contributed by atoms with Crippen LogP contribution in [0, 0.1) is 40.5 Å². The summed E-state index contributed by atoms with van der Waals surface area (Å²) in [7, 11) is 0. The molecular weight excluding hydrogens is 388 g/mol. The smallest absolute Gasteiger partial charge is 0.358 e. The Morgan fingerprint density at radius 3 is 2.11 bits per heavy atom. The van der Waals surface area contributed by atoms with Crippen molar-refractivity contribution in [3.63, 3.8) is 0 Å². The number of rotatable bonds is 4. The maximum absolute atomic E-state index is 11.2. The van der Waals surface area contributed by atoms with Crippen LogP contribution in [0.4, 0.5) is 23.1 Å². The van der Waals surface area contributed by atoms with Gasteiger partial charge in [0.2, 0.25) is 0 Å². The highest BCUT2D eigenvalue weighted by Gasteiger charge is 2.31. The molecule has 0 spiro atoms. The molecule has 28 heavy (non-hydrogen) atoms. The Morgan fingerprint density at radius 2 is 1.54 bits per heavy atom. The molecule has 18 heteroatoms. The Labute approximate surface area is 148 Å². The van der Waals surface area contributed by atoms with Gasteiger partial charge < -0.3 is 30.3 Å². The summed E-state index contributed by atoms with van der Waals surface area (Å²) in [5.74, 6) is -2.76. The second-order valence-corrected chi connectivity index (χ2v) is 5.15. The maximum atomic E-state index is 11.2. The Kier molecular flexibility index (Phi) is 3.13. The average molecular weight is 390 g/mol. The summed E-state index contributed by atoms with van der Waals surface area (Å²) in [6.45, 7) is 0. The van der Waals surface area contributed by atoms with E-state index in [1.165, 1.54) is 0 Å². The van der Waals surface area contributed by atoms with Crippen LogP contribution >= 0.6 is 0 Å². The van der Waals surface area contributed by atoms with Crippen molar-refractivity contribution in [2.75, 3.05) is 0 Å². The molecule has 0 fully saturated rings. The van der Waals surface area contributed by atoms with Gasteiger partial charge in [-0.25, -0.2) is 0 Å². The fourth-order valence-electron chi connectivity index (χ4n) is 2.54. The van der Waals surface area contributed by atoms with Crippen LogP contribution in [0.25, 0.3) is 22.2 Å². The molecule has 140 valence electrons. The monoisotopic (exact) mass is 390 g/mol. The van der Waals surface area contributed by atoms with Gasteiger partial charge in [-0.2, -0.15) is 0 Å². The Bertz CT molecular complexity index is 1280. The van der Waals surface area contributed by atoms with Crippen LogP contribution in [0.15, 0.2) is 12.1 Å². The highest BCUT2D eigenvalue weighted by Crippen LogP contribution is 2.29. The first-order chi connectivity index (χ1) is 13.2. The zero-order chi connectivity index (χ0) is 20.3. The molecular formula is C10H2N10O8. The second-order valence-electron chi connectivity index (χ2n) is 5.15. The van der Waals surface area contributed by atoms with Gasteiger partial charge >= 0.3 is 17.5 Å². The molecule has 0 atom stereocenters. The molecule has 4 rings (SSSR count). The van der Waals surface area contributed by atoms with Crippen molar-refractivity contribution in [2.45, 2.75) is 0 Å². The number of aromatic nitrogens is 6. The fourth-order valence-corrected chi connectivity index (χ4v) is 2.54. The van der Waals surface area contributed by atoms with E-state index in [1.54, 1.807) is 0 Å². The highest BCUT2D eigenvalue weighted by molar-refractivity contribution is 5.88. The average Bonchev–Trinajstić information content (AvgIpc) is 3.15. The van der Waals surface area contributed by atoms with Gasteiger partial charge in [-0.15, -0.1) is 4.52 Å². The van der Waals surface area contributed by atoms with Crippen LogP contribution < -0.4 is 9.84 Å². The molecule has 0 bridgehead atoms. The topological polar surface area (TPSA) is 234 Å². The molecule has 0 unspecified atom stereocenters. The highest BCUT2D eigenvalue weighted by atomic mass is 16.6. The van der Waals surface area contributed by atoms with Crippen LogP contribution in [0.5, 0.6) is 0 Å². The first-order valence-corrected chi connectivity index (χ1v) is 6.90. The van der Waals surface area contributed by atoms with E-state index in [2.05, 4.69) is 20.2 Å². The van der Waals surface area contributed by atoms with Crippen molar-refractivity contribution < 1.29 is 24.4 Å². The van der Waals surface area contributed by atoms with Gasteiger partial charge in [-0.1, -0.05) is 10.2 Å². The third-order valence-corrected chi connectivity index (χ3v) is 3.61. The number of nitro groups is 4. The van der Waals surface area contributed by atoms with Crippen LogP contribution in [-0.4, -0.2) is 39.3 Å². The summed E-state index contributed by atoms with van der Waals surface area (Å²) in [5.41, 5.74) is -2.34. The SMILES string of the molecule is O=[N+]([O-])c1cc2c(n[n+]3[n-]c4c([N+](=O)[O-])cc([N+](=O)[O-])nc4n23)c([N+](=O)[O-])n1.